The van der Waals surface area contributed by atoms with E-state index in [0.717, 1.165) is 49.5 Å². The fraction of sp³-hybridized carbons (Fsp3) is 0.321. The van der Waals surface area contributed by atoms with Crippen molar-refractivity contribution in [1.29, 1.82) is 0 Å². The second-order valence-corrected chi connectivity index (χ2v) is 9.99. The number of nitrogens with one attached hydrogen (secondary N) is 1. The fourth-order valence-corrected chi connectivity index (χ4v) is 5.61. The number of hydrogen-bond acceptors (Lipinski definition) is 5. The third-order valence-corrected chi connectivity index (χ3v) is 7.38. The van der Waals surface area contributed by atoms with E-state index in [-0.39, 0.29) is 12.3 Å². The fourth-order valence-electron chi connectivity index (χ4n) is 4.43. The standard InChI is InChI=1S/C28H32N2O3S/c1-3-22(15-28(31)32)23-7-9-25(10-8-23)33-19-21-6-4-5-20(13-21)17-30-12-11-27-24(18-30)14-26(34-27)16-29-2/h3-10,13-14,22,29H,1,11-12,15-19H2,2H3,(H,31,32)/t22-/m0/s1. The van der Waals surface area contributed by atoms with Gasteiger partial charge in [-0.3, -0.25) is 9.69 Å². The van der Waals surface area contributed by atoms with Crippen molar-refractivity contribution in [2.75, 3.05) is 13.6 Å². The molecule has 0 fully saturated rings. The lowest BCUT2D eigenvalue weighted by atomic mass is 9.96. The molecule has 0 aliphatic carbocycles. The Bertz CT molecular complexity index is 1120. The second-order valence-electron chi connectivity index (χ2n) is 8.77. The van der Waals surface area contributed by atoms with Crippen LogP contribution < -0.4 is 10.1 Å². The summed E-state index contributed by atoms with van der Waals surface area (Å²) < 4.78 is 6.00. The lowest BCUT2D eigenvalue weighted by molar-refractivity contribution is -0.137. The summed E-state index contributed by atoms with van der Waals surface area (Å²) >= 11 is 1.94. The Hall–Kier alpha value is -2.93. The average Bonchev–Trinajstić information content (AvgIpc) is 3.24. The van der Waals surface area contributed by atoms with Crippen molar-refractivity contribution in [2.24, 2.45) is 0 Å². The summed E-state index contributed by atoms with van der Waals surface area (Å²) in [6.07, 6.45) is 2.85. The van der Waals surface area contributed by atoms with Gasteiger partial charge in [0.15, 0.2) is 0 Å². The lowest BCUT2D eigenvalue weighted by Gasteiger charge is -2.27. The highest BCUT2D eigenvalue weighted by Gasteiger charge is 2.19. The van der Waals surface area contributed by atoms with Gasteiger partial charge >= 0.3 is 5.97 Å². The first kappa shape index (κ1) is 24.2. The maximum absolute atomic E-state index is 11.0. The highest BCUT2D eigenvalue weighted by Crippen LogP contribution is 2.29. The molecule has 0 spiro atoms. The summed E-state index contributed by atoms with van der Waals surface area (Å²) in [6.45, 7) is 8.23. The molecule has 2 aromatic carbocycles. The Morgan fingerprint density at radius 2 is 2.03 bits per heavy atom. The monoisotopic (exact) mass is 476 g/mol. The van der Waals surface area contributed by atoms with E-state index in [0.29, 0.717) is 6.61 Å². The highest BCUT2D eigenvalue weighted by molar-refractivity contribution is 7.12. The Kier molecular flexibility index (Phi) is 8.16. The molecular weight excluding hydrogens is 444 g/mol. The molecule has 3 aromatic rings. The van der Waals surface area contributed by atoms with Crippen LogP contribution in [-0.2, 0) is 37.5 Å². The van der Waals surface area contributed by atoms with Crippen LogP contribution in [-0.4, -0.2) is 29.6 Å². The van der Waals surface area contributed by atoms with Crippen molar-refractivity contribution in [3.8, 4) is 5.75 Å². The molecule has 0 saturated heterocycles. The van der Waals surface area contributed by atoms with E-state index in [1.54, 1.807) is 6.08 Å². The summed E-state index contributed by atoms with van der Waals surface area (Å²) in [4.78, 5) is 16.5. The molecule has 4 rings (SSSR count). The van der Waals surface area contributed by atoms with Gasteiger partial charge in [0.05, 0.1) is 6.42 Å². The van der Waals surface area contributed by atoms with Crippen LogP contribution in [0.1, 0.15) is 44.3 Å². The summed E-state index contributed by atoms with van der Waals surface area (Å²) in [5.41, 5.74) is 4.85. The quantitative estimate of drug-likeness (QED) is 0.365. The van der Waals surface area contributed by atoms with Crippen molar-refractivity contribution >= 4 is 17.3 Å². The van der Waals surface area contributed by atoms with Crippen molar-refractivity contribution in [2.45, 2.75) is 45.0 Å². The number of fused-ring (bicyclic) bond motifs is 1. The van der Waals surface area contributed by atoms with Gasteiger partial charge < -0.3 is 15.2 Å². The van der Waals surface area contributed by atoms with Crippen molar-refractivity contribution in [3.63, 3.8) is 0 Å². The maximum Gasteiger partial charge on any atom is 0.304 e. The Morgan fingerprint density at radius 3 is 2.76 bits per heavy atom. The average molecular weight is 477 g/mol. The van der Waals surface area contributed by atoms with Crippen LogP contribution in [0.2, 0.25) is 0 Å². The molecule has 1 atom stereocenters. The van der Waals surface area contributed by atoms with E-state index in [9.17, 15) is 4.79 Å². The zero-order valence-electron chi connectivity index (χ0n) is 19.6. The summed E-state index contributed by atoms with van der Waals surface area (Å²) in [6, 6.07) is 18.6. The number of carboxylic acid groups (broad SMARTS) is 1. The van der Waals surface area contributed by atoms with Gasteiger partial charge in [-0.25, -0.2) is 0 Å². The van der Waals surface area contributed by atoms with Crippen LogP contribution >= 0.6 is 11.3 Å². The van der Waals surface area contributed by atoms with Gasteiger partial charge in [0, 0.05) is 41.9 Å². The molecule has 0 amide bonds. The van der Waals surface area contributed by atoms with E-state index in [1.165, 1.54) is 20.9 Å². The minimum atomic E-state index is -0.830. The van der Waals surface area contributed by atoms with Crippen molar-refractivity contribution in [3.05, 3.63) is 99.3 Å². The third-order valence-electron chi connectivity index (χ3n) is 6.14. The molecule has 2 heterocycles. The molecule has 5 nitrogen and oxygen atoms in total. The van der Waals surface area contributed by atoms with Crippen molar-refractivity contribution < 1.29 is 14.6 Å². The summed E-state index contributed by atoms with van der Waals surface area (Å²) in [5, 5.41) is 12.3. The number of ether oxygens (including phenoxy) is 1. The number of nitrogens with zero attached hydrogens (tertiary/aromatic N) is 1. The molecule has 0 radical (unpaired) electrons. The van der Waals surface area contributed by atoms with Crippen LogP contribution in [0.25, 0.3) is 0 Å². The van der Waals surface area contributed by atoms with Gasteiger partial charge in [-0.05, 0) is 53.9 Å². The lowest BCUT2D eigenvalue weighted by Crippen LogP contribution is -2.29. The molecule has 1 aliphatic rings. The van der Waals surface area contributed by atoms with Gasteiger partial charge in [0.2, 0.25) is 0 Å². The molecular formula is C28H32N2O3S. The second kappa shape index (κ2) is 11.5. The molecule has 1 aromatic heterocycles. The molecule has 1 aliphatic heterocycles. The van der Waals surface area contributed by atoms with Crippen molar-refractivity contribution in [1.82, 2.24) is 10.2 Å². The molecule has 6 heteroatoms. The molecule has 178 valence electrons. The minimum absolute atomic E-state index is 0.0400. The van der Waals surface area contributed by atoms with Gasteiger partial charge in [-0.2, -0.15) is 0 Å². The zero-order chi connectivity index (χ0) is 23.9. The van der Waals surface area contributed by atoms with Gasteiger partial charge in [0.25, 0.3) is 0 Å². The van der Waals surface area contributed by atoms with E-state index in [4.69, 9.17) is 9.84 Å². The van der Waals surface area contributed by atoms with E-state index in [2.05, 4.69) is 47.1 Å². The van der Waals surface area contributed by atoms with Gasteiger partial charge in [-0.1, -0.05) is 42.5 Å². The number of carboxylic acids is 1. The van der Waals surface area contributed by atoms with E-state index >= 15 is 0 Å². The number of thiophene rings is 1. The molecule has 34 heavy (non-hydrogen) atoms. The largest absolute Gasteiger partial charge is 0.489 e. The van der Waals surface area contributed by atoms with E-state index in [1.807, 2.05) is 42.6 Å². The molecule has 2 N–H and O–H groups in total. The topological polar surface area (TPSA) is 61.8 Å². The first-order valence-corrected chi connectivity index (χ1v) is 12.5. The predicted molar refractivity (Wildman–Crippen MR) is 137 cm³/mol. The first-order valence-electron chi connectivity index (χ1n) is 11.7. The smallest absolute Gasteiger partial charge is 0.304 e. The minimum Gasteiger partial charge on any atom is -0.489 e. The van der Waals surface area contributed by atoms with Gasteiger partial charge in [0.1, 0.15) is 12.4 Å². The Morgan fingerprint density at radius 1 is 1.24 bits per heavy atom. The number of aliphatic carboxylic acids is 1. The van der Waals surface area contributed by atoms with E-state index < -0.39 is 5.97 Å². The number of hydrogen-bond donors (Lipinski definition) is 2. The van der Waals surface area contributed by atoms with Crippen LogP contribution in [0, 0.1) is 0 Å². The third kappa shape index (κ3) is 6.35. The Balaban J connectivity index is 1.32. The SMILES string of the molecule is C=C[C@@H](CC(=O)O)c1ccc(OCc2cccc(CN3CCc4sc(CNC)cc4C3)c2)cc1. The van der Waals surface area contributed by atoms with Crippen LogP contribution in [0.15, 0.2) is 67.3 Å². The molecule has 0 bridgehead atoms. The predicted octanol–water partition coefficient (Wildman–Crippen LogP) is 5.35. The van der Waals surface area contributed by atoms with Crippen LogP contribution in [0.4, 0.5) is 0 Å². The maximum atomic E-state index is 11.0. The zero-order valence-corrected chi connectivity index (χ0v) is 20.4. The number of allylic oxidation sites excluding steroid dienone is 1. The summed E-state index contributed by atoms with van der Waals surface area (Å²) in [7, 11) is 2.00. The normalized spacial score (nSPS) is 14.4. The number of rotatable bonds is 11. The Labute approximate surface area is 205 Å². The van der Waals surface area contributed by atoms with Gasteiger partial charge in [-0.15, -0.1) is 17.9 Å². The highest BCUT2D eigenvalue weighted by atomic mass is 32.1. The summed E-state index contributed by atoms with van der Waals surface area (Å²) in [5.74, 6) is -0.257. The number of carbonyl (C=O) groups is 1. The van der Waals surface area contributed by atoms with Crippen LogP contribution in [0.3, 0.4) is 0 Å². The molecule has 0 unspecified atom stereocenters. The number of benzene rings is 2. The first-order chi connectivity index (χ1) is 16.5. The molecule has 0 saturated carbocycles. The van der Waals surface area contributed by atoms with Crippen LogP contribution in [0.5, 0.6) is 5.75 Å².